The van der Waals surface area contributed by atoms with E-state index in [9.17, 15) is 4.79 Å². The average molecular weight is 379 g/mol. The number of unbranched alkanes of at least 4 members (excludes halogenated alkanes) is 4. The number of amides is 1. The van der Waals surface area contributed by atoms with Gasteiger partial charge in [-0.25, -0.2) is 20.4 Å². The lowest BCUT2D eigenvalue weighted by Crippen LogP contribution is -2.24. The summed E-state index contributed by atoms with van der Waals surface area (Å²) >= 11 is 0. The minimum Gasteiger partial charge on any atom is -0.380 e. The third-order valence-electron chi connectivity index (χ3n) is 4.42. The molecular formula is C20H25N7O. The fraction of sp³-hybridized carbons (Fsp3) is 0.350. The number of nitrogens with zero attached hydrogens (tertiary/aromatic N) is 5. The fourth-order valence-corrected chi connectivity index (χ4v) is 2.92. The van der Waals surface area contributed by atoms with E-state index in [4.69, 9.17) is 5.73 Å². The molecule has 146 valence electrons. The molecule has 1 amide bonds. The van der Waals surface area contributed by atoms with Crippen LogP contribution in [-0.4, -0.2) is 31.3 Å². The second-order valence-electron chi connectivity index (χ2n) is 6.54. The predicted molar refractivity (Wildman–Crippen MR) is 109 cm³/mol. The summed E-state index contributed by atoms with van der Waals surface area (Å²) in [5, 5.41) is 4.00. The molecule has 0 aliphatic carbocycles. The van der Waals surface area contributed by atoms with Crippen LogP contribution < -0.4 is 11.2 Å². The minimum absolute atomic E-state index is 0.102. The standard InChI is InChI=1S/C20H25N7O/c1-2-3-4-5-9-12-16(28)25-26-19(21)17-18-20(23-13-22-17)27(14-24-18)15-10-7-6-8-11-15/h6-8,10-11,13-14H,2-5,9,12H2,1H3,(H2,21,26)(H,25,28). The molecule has 0 atom stereocenters. The van der Waals surface area contributed by atoms with Crippen molar-refractivity contribution in [1.29, 1.82) is 0 Å². The monoisotopic (exact) mass is 379 g/mol. The smallest absolute Gasteiger partial charge is 0.240 e. The molecule has 28 heavy (non-hydrogen) atoms. The molecule has 8 nitrogen and oxygen atoms in total. The number of carbonyl (C=O) groups excluding carboxylic acids is 1. The highest BCUT2D eigenvalue weighted by molar-refractivity contribution is 6.04. The molecule has 2 aromatic heterocycles. The maximum atomic E-state index is 11.9. The molecule has 3 aromatic rings. The highest BCUT2D eigenvalue weighted by Crippen LogP contribution is 2.17. The Morgan fingerprint density at radius 1 is 1.11 bits per heavy atom. The molecule has 3 N–H and O–H groups in total. The summed E-state index contributed by atoms with van der Waals surface area (Å²) in [5.41, 5.74) is 11.0. The lowest BCUT2D eigenvalue weighted by Gasteiger charge is -2.05. The van der Waals surface area contributed by atoms with Crippen molar-refractivity contribution in [2.75, 3.05) is 0 Å². The first kappa shape index (κ1) is 19.5. The topological polar surface area (TPSA) is 111 Å². The summed E-state index contributed by atoms with van der Waals surface area (Å²) in [6.07, 6.45) is 8.94. The van der Waals surface area contributed by atoms with Crippen molar-refractivity contribution in [2.24, 2.45) is 10.8 Å². The van der Waals surface area contributed by atoms with Gasteiger partial charge in [0.05, 0.1) is 0 Å². The second kappa shape index (κ2) is 9.59. The molecule has 1 aromatic carbocycles. The zero-order valence-electron chi connectivity index (χ0n) is 16.0. The Morgan fingerprint density at radius 2 is 1.89 bits per heavy atom. The Bertz CT molecular complexity index is 950. The zero-order chi connectivity index (χ0) is 19.8. The van der Waals surface area contributed by atoms with Crippen molar-refractivity contribution in [2.45, 2.75) is 45.4 Å². The molecule has 0 radical (unpaired) electrons. The van der Waals surface area contributed by atoms with Crippen LogP contribution in [0.1, 0.15) is 51.1 Å². The normalized spacial score (nSPS) is 11.7. The molecular weight excluding hydrogens is 354 g/mol. The molecule has 8 heteroatoms. The number of imidazole rings is 1. The number of amidine groups is 1. The Labute approximate surface area is 163 Å². The van der Waals surface area contributed by atoms with Gasteiger partial charge in [0.25, 0.3) is 0 Å². The molecule has 0 aliphatic rings. The summed E-state index contributed by atoms with van der Waals surface area (Å²) in [6, 6.07) is 9.75. The van der Waals surface area contributed by atoms with Crippen molar-refractivity contribution in [3.8, 4) is 5.69 Å². The van der Waals surface area contributed by atoms with E-state index < -0.39 is 0 Å². The predicted octanol–water partition coefficient (Wildman–Crippen LogP) is 2.91. The van der Waals surface area contributed by atoms with Crippen LogP contribution in [-0.2, 0) is 4.79 Å². The van der Waals surface area contributed by atoms with Crippen LogP contribution in [0, 0.1) is 0 Å². The molecule has 0 bridgehead atoms. The Balaban J connectivity index is 1.70. The van der Waals surface area contributed by atoms with E-state index >= 15 is 0 Å². The van der Waals surface area contributed by atoms with Gasteiger partial charge in [-0.2, -0.15) is 5.10 Å². The van der Waals surface area contributed by atoms with E-state index in [-0.39, 0.29) is 11.7 Å². The van der Waals surface area contributed by atoms with Crippen molar-refractivity contribution >= 4 is 22.9 Å². The van der Waals surface area contributed by atoms with E-state index in [1.165, 1.54) is 19.2 Å². The number of para-hydroxylation sites is 1. The number of nitrogens with one attached hydrogen (secondary N) is 1. The Morgan fingerprint density at radius 3 is 2.68 bits per heavy atom. The van der Waals surface area contributed by atoms with Crippen LogP contribution >= 0.6 is 0 Å². The van der Waals surface area contributed by atoms with Crippen LogP contribution in [0.4, 0.5) is 0 Å². The maximum Gasteiger partial charge on any atom is 0.240 e. The summed E-state index contributed by atoms with van der Waals surface area (Å²) in [6.45, 7) is 2.16. The quantitative estimate of drug-likeness (QED) is 0.257. The largest absolute Gasteiger partial charge is 0.380 e. The van der Waals surface area contributed by atoms with Crippen molar-refractivity contribution < 1.29 is 4.79 Å². The molecule has 0 unspecified atom stereocenters. The van der Waals surface area contributed by atoms with Gasteiger partial charge < -0.3 is 5.73 Å². The lowest BCUT2D eigenvalue weighted by atomic mass is 10.1. The minimum atomic E-state index is -0.153. The molecule has 0 saturated carbocycles. The third-order valence-corrected chi connectivity index (χ3v) is 4.42. The van der Waals surface area contributed by atoms with Gasteiger partial charge in [0.15, 0.2) is 11.5 Å². The van der Waals surface area contributed by atoms with E-state index in [2.05, 4.69) is 32.4 Å². The highest BCUT2D eigenvalue weighted by Gasteiger charge is 2.14. The summed E-state index contributed by atoms with van der Waals surface area (Å²) in [4.78, 5) is 24.8. The van der Waals surface area contributed by atoms with Gasteiger partial charge in [-0.1, -0.05) is 50.8 Å². The summed E-state index contributed by atoms with van der Waals surface area (Å²) < 4.78 is 1.85. The van der Waals surface area contributed by atoms with Gasteiger partial charge in [-0.3, -0.25) is 9.36 Å². The number of hydrogen-bond donors (Lipinski definition) is 2. The molecule has 0 aliphatic heterocycles. The molecule has 0 spiro atoms. The van der Waals surface area contributed by atoms with Crippen LogP contribution in [0.2, 0.25) is 0 Å². The van der Waals surface area contributed by atoms with Crippen LogP contribution in [0.15, 0.2) is 48.1 Å². The number of hydrazone groups is 1. The van der Waals surface area contributed by atoms with E-state index in [0.29, 0.717) is 23.3 Å². The number of hydrogen-bond acceptors (Lipinski definition) is 5. The highest BCUT2D eigenvalue weighted by atomic mass is 16.2. The lowest BCUT2D eigenvalue weighted by molar-refractivity contribution is -0.121. The SMILES string of the molecule is CCCCCCCC(=O)N/N=C(\N)c1ncnc2c1ncn2-c1ccccc1. The fourth-order valence-electron chi connectivity index (χ4n) is 2.92. The Kier molecular flexibility index (Phi) is 6.67. The second-order valence-corrected chi connectivity index (χ2v) is 6.54. The number of carbonyl (C=O) groups is 1. The number of aromatic nitrogens is 4. The van der Waals surface area contributed by atoms with Gasteiger partial charge in [0.2, 0.25) is 5.91 Å². The first-order valence-electron chi connectivity index (χ1n) is 9.56. The van der Waals surface area contributed by atoms with Crippen LogP contribution in [0.25, 0.3) is 16.9 Å². The van der Waals surface area contributed by atoms with E-state index in [1.807, 2.05) is 34.9 Å². The van der Waals surface area contributed by atoms with E-state index in [1.54, 1.807) is 6.33 Å². The molecule has 3 rings (SSSR count). The first-order chi connectivity index (χ1) is 13.7. The van der Waals surface area contributed by atoms with E-state index in [0.717, 1.165) is 24.9 Å². The van der Waals surface area contributed by atoms with Crippen molar-refractivity contribution in [3.63, 3.8) is 0 Å². The first-order valence-corrected chi connectivity index (χ1v) is 9.56. The third kappa shape index (κ3) is 4.70. The molecule has 2 heterocycles. The van der Waals surface area contributed by atoms with Gasteiger partial charge in [-0.05, 0) is 18.6 Å². The maximum absolute atomic E-state index is 11.9. The van der Waals surface area contributed by atoms with Crippen LogP contribution in [0.3, 0.4) is 0 Å². The van der Waals surface area contributed by atoms with Crippen LogP contribution in [0.5, 0.6) is 0 Å². The zero-order valence-corrected chi connectivity index (χ0v) is 16.0. The van der Waals surface area contributed by atoms with Crippen molar-refractivity contribution in [3.05, 3.63) is 48.7 Å². The number of fused-ring (bicyclic) bond motifs is 1. The number of benzene rings is 1. The number of rotatable bonds is 9. The Hall–Kier alpha value is -3.29. The summed E-state index contributed by atoms with van der Waals surface area (Å²) in [5.74, 6) is -0.0513. The van der Waals surface area contributed by atoms with Gasteiger partial charge in [0.1, 0.15) is 23.9 Å². The summed E-state index contributed by atoms with van der Waals surface area (Å²) in [7, 11) is 0. The molecule has 0 saturated heterocycles. The van der Waals surface area contributed by atoms with Gasteiger partial charge in [0, 0.05) is 12.1 Å². The van der Waals surface area contributed by atoms with Gasteiger partial charge in [-0.15, -0.1) is 0 Å². The molecule has 0 fully saturated rings. The average Bonchev–Trinajstić information content (AvgIpc) is 3.16. The van der Waals surface area contributed by atoms with Crippen molar-refractivity contribution in [1.82, 2.24) is 24.9 Å². The number of nitrogens with two attached hydrogens (primary N) is 1. The van der Waals surface area contributed by atoms with Gasteiger partial charge >= 0.3 is 0 Å².